The van der Waals surface area contributed by atoms with Crippen LogP contribution in [0.15, 0.2) is 53.5 Å². The van der Waals surface area contributed by atoms with Crippen LogP contribution in [0.4, 0.5) is 5.69 Å². The Kier molecular flexibility index (Phi) is 9.52. The highest BCUT2D eigenvalue weighted by Crippen LogP contribution is 2.20. The number of anilines is 1. The molecule has 5 heteroatoms. The van der Waals surface area contributed by atoms with E-state index in [0.29, 0.717) is 44.8 Å². The fourth-order valence-corrected chi connectivity index (χ4v) is 2.76. The van der Waals surface area contributed by atoms with Crippen LogP contribution < -0.4 is 11.1 Å². The van der Waals surface area contributed by atoms with E-state index in [1.807, 2.05) is 37.3 Å². The van der Waals surface area contributed by atoms with Gasteiger partial charge in [-0.1, -0.05) is 50.2 Å². The Bertz CT molecular complexity index is 729. The van der Waals surface area contributed by atoms with Gasteiger partial charge in [0.05, 0.1) is 26.4 Å². The lowest BCUT2D eigenvalue weighted by atomic mass is 9.99. The zero-order chi connectivity index (χ0) is 20.2. The smallest absolute Gasteiger partial charge is 0.193 e. The van der Waals surface area contributed by atoms with Gasteiger partial charge in [0, 0.05) is 12.3 Å². The molecule has 1 atom stereocenters. The van der Waals surface area contributed by atoms with Crippen molar-refractivity contribution in [3.05, 3.63) is 65.2 Å². The van der Waals surface area contributed by atoms with E-state index >= 15 is 0 Å². The van der Waals surface area contributed by atoms with Crippen molar-refractivity contribution in [2.75, 3.05) is 25.1 Å². The molecule has 0 aliphatic rings. The Balaban J connectivity index is 1.84. The standard InChI is InChI=1S/C23H33N3O2/c1-4-18(3)21-9-11-22(12-10-21)26-23(24)25-16-19-7-6-8-20(15-19)17-28-14-13-27-5-2/h6-12,15,18H,4-5,13-14,16-17H2,1-3H3,(H3,24,25,26). The number of benzene rings is 2. The summed E-state index contributed by atoms with van der Waals surface area (Å²) >= 11 is 0. The summed E-state index contributed by atoms with van der Waals surface area (Å²) in [6.07, 6.45) is 1.13. The van der Waals surface area contributed by atoms with E-state index < -0.39 is 0 Å². The van der Waals surface area contributed by atoms with Gasteiger partial charge >= 0.3 is 0 Å². The van der Waals surface area contributed by atoms with E-state index in [1.54, 1.807) is 0 Å². The van der Waals surface area contributed by atoms with Crippen molar-refractivity contribution >= 4 is 11.6 Å². The van der Waals surface area contributed by atoms with Crippen molar-refractivity contribution in [2.24, 2.45) is 10.7 Å². The van der Waals surface area contributed by atoms with Crippen LogP contribution in [-0.4, -0.2) is 25.8 Å². The monoisotopic (exact) mass is 383 g/mol. The van der Waals surface area contributed by atoms with Gasteiger partial charge in [0.2, 0.25) is 0 Å². The largest absolute Gasteiger partial charge is 0.379 e. The highest BCUT2D eigenvalue weighted by Gasteiger charge is 2.03. The van der Waals surface area contributed by atoms with Crippen molar-refractivity contribution in [1.29, 1.82) is 0 Å². The number of nitrogens with two attached hydrogens (primary N) is 1. The van der Waals surface area contributed by atoms with Gasteiger partial charge in [0.25, 0.3) is 0 Å². The van der Waals surface area contributed by atoms with E-state index in [1.165, 1.54) is 5.56 Å². The van der Waals surface area contributed by atoms with Crippen LogP contribution in [0.2, 0.25) is 0 Å². The minimum absolute atomic E-state index is 0.412. The van der Waals surface area contributed by atoms with E-state index in [4.69, 9.17) is 15.2 Å². The van der Waals surface area contributed by atoms with Crippen molar-refractivity contribution in [3.63, 3.8) is 0 Å². The van der Waals surface area contributed by atoms with E-state index in [-0.39, 0.29) is 0 Å². The molecule has 0 radical (unpaired) electrons. The fraction of sp³-hybridized carbons (Fsp3) is 0.435. The van der Waals surface area contributed by atoms with Crippen LogP contribution in [0.25, 0.3) is 0 Å². The lowest BCUT2D eigenvalue weighted by Gasteiger charge is -2.11. The van der Waals surface area contributed by atoms with Crippen LogP contribution in [0.3, 0.4) is 0 Å². The number of aliphatic imine (C=N–C) groups is 1. The molecule has 5 nitrogen and oxygen atoms in total. The lowest BCUT2D eigenvalue weighted by molar-refractivity contribution is 0.0453. The number of guanidine groups is 1. The van der Waals surface area contributed by atoms with E-state index in [2.05, 4.69) is 42.4 Å². The maximum absolute atomic E-state index is 6.04. The summed E-state index contributed by atoms with van der Waals surface area (Å²) in [5, 5.41) is 3.15. The minimum atomic E-state index is 0.412. The molecule has 0 aromatic heterocycles. The quantitative estimate of drug-likeness (QED) is 0.336. The maximum Gasteiger partial charge on any atom is 0.193 e. The summed E-state index contributed by atoms with van der Waals surface area (Å²) in [5.41, 5.74) is 10.5. The molecule has 152 valence electrons. The normalized spacial score (nSPS) is 12.8. The lowest BCUT2D eigenvalue weighted by Crippen LogP contribution is -2.22. The number of nitrogens with one attached hydrogen (secondary N) is 1. The van der Waals surface area contributed by atoms with Crippen molar-refractivity contribution in [2.45, 2.75) is 46.3 Å². The second kappa shape index (κ2) is 12.2. The summed E-state index contributed by atoms with van der Waals surface area (Å²) in [4.78, 5) is 4.45. The first-order valence-corrected chi connectivity index (χ1v) is 10.0. The summed E-state index contributed by atoms with van der Waals surface area (Å²) in [7, 11) is 0. The van der Waals surface area contributed by atoms with Crippen LogP contribution in [0.1, 0.15) is 49.8 Å². The van der Waals surface area contributed by atoms with Crippen molar-refractivity contribution < 1.29 is 9.47 Å². The Hall–Kier alpha value is -2.37. The third kappa shape index (κ3) is 7.71. The highest BCUT2D eigenvalue weighted by molar-refractivity contribution is 5.92. The SMILES string of the molecule is CCOCCOCc1cccc(CN=C(N)Nc2ccc(C(C)CC)cc2)c1. The summed E-state index contributed by atoms with van der Waals surface area (Å²) < 4.78 is 10.9. The minimum Gasteiger partial charge on any atom is -0.379 e. The molecule has 0 aliphatic heterocycles. The van der Waals surface area contributed by atoms with Crippen molar-refractivity contribution in [3.8, 4) is 0 Å². The predicted octanol–water partition coefficient (Wildman–Crippen LogP) is 4.68. The van der Waals surface area contributed by atoms with Gasteiger partial charge < -0.3 is 20.5 Å². The zero-order valence-corrected chi connectivity index (χ0v) is 17.3. The second-order valence-corrected chi connectivity index (χ2v) is 6.83. The molecule has 1 unspecified atom stereocenters. The van der Waals surface area contributed by atoms with Gasteiger partial charge in [0.1, 0.15) is 0 Å². The zero-order valence-electron chi connectivity index (χ0n) is 17.3. The molecule has 0 fully saturated rings. The van der Waals surface area contributed by atoms with Crippen LogP contribution in [-0.2, 0) is 22.6 Å². The Morgan fingerprint density at radius 3 is 2.46 bits per heavy atom. The number of hydrogen-bond acceptors (Lipinski definition) is 3. The first-order valence-electron chi connectivity index (χ1n) is 10.0. The molecular formula is C23H33N3O2. The van der Waals surface area contributed by atoms with Gasteiger partial charge in [-0.2, -0.15) is 0 Å². The number of rotatable bonds is 11. The molecule has 2 aromatic rings. The molecule has 3 N–H and O–H groups in total. The summed E-state index contributed by atoms with van der Waals surface area (Å²) in [6.45, 7) is 9.45. The molecule has 0 saturated heterocycles. The topological polar surface area (TPSA) is 68.9 Å². The highest BCUT2D eigenvalue weighted by atomic mass is 16.5. The van der Waals surface area contributed by atoms with Crippen LogP contribution >= 0.6 is 0 Å². The average molecular weight is 384 g/mol. The Labute approximate surface area is 169 Å². The molecule has 0 amide bonds. The summed E-state index contributed by atoms with van der Waals surface area (Å²) in [5.74, 6) is 0.977. The Morgan fingerprint density at radius 2 is 1.75 bits per heavy atom. The molecule has 2 aromatic carbocycles. The van der Waals surface area contributed by atoms with E-state index in [9.17, 15) is 0 Å². The van der Waals surface area contributed by atoms with Crippen molar-refractivity contribution in [1.82, 2.24) is 0 Å². The molecule has 0 bridgehead atoms. The average Bonchev–Trinajstić information content (AvgIpc) is 2.72. The molecular weight excluding hydrogens is 350 g/mol. The first-order chi connectivity index (χ1) is 13.6. The van der Waals surface area contributed by atoms with Gasteiger partial charge in [-0.05, 0) is 48.1 Å². The fourth-order valence-electron chi connectivity index (χ4n) is 2.76. The molecule has 0 heterocycles. The Morgan fingerprint density at radius 1 is 1.04 bits per heavy atom. The first kappa shape index (κ1) is 21.9. The number of hydrogen-bond donors (Lipinski definition) is 2. The van der Waals surface area contributed by atoms with Crippen LogP contribution in [0, 0.1) is 0 Å². The molecule has 0 saturated carbocycles. The summed E-state index contributed by atoms with van der Waals surface area (Å²) in [6, 6.07) is 16.6. The predicted molar refractivity (Wildman–Crippen MR) is 117 cm³/mol. The molecule has 2 rings (SSSR count). The second-order valence-electron chi connectivity index (χ2n) is 6.83. The maximum atomic E-state index is 6.04. The third-order valence-electron chi connectivity index (χ3n) is 4.63. The van der Waals surface area contributed by atoms with Crippen LogP contribution in [0.5, 0.6) is 0 Å². The van der Waals surface area contributed by atoms with Gasteiger partial charge in [-0.15, -0.1) is 0 Å². The molecule has 28 heavy (non-hydrogen) atoms. The van der Waals surface area contributed by atoms with Gasteiger partial charge in [0.15, 0.2) is 5.96 Å². The molecule has 0 spiro atoms. The number of nitrogens with zero attached hydrogens (tertiary/aromatic N) is 1. The van der Waals surface area contributed by atoms with Gasteiger partial charge in [-0.3, -0.25) is 0 Å². The third-order valence-corrected chi connectivity index (χ3v) is 4.63. The number of ether oxygens (including phenoxy) is 2. The molecule has 0 aliphatic carbocycles. The van der Waals surface area contributed by atoms with Gasteiger partial charge in [-0.25, -0.2) is 4.99 Å². The van der Waals surface area contributed by atoms with E-state index in [0.717, 1.165) is 23.2 Å².